The molecule has 8 heteroatoms. The van der Waals surface area contributed by atoms with E-state index < -0.39 is 36.0 Å². The van der Waals surface area contributed by atoms with Gasteiger partial charge < -0.3 is 24.4 Å². The molecule has 0 aromatic carbocycles. The fourth-order valence-electron chi connectivity index (χ4n) is 1.58. The first-order chi connectivity index (χ1) is 11.5. The van der Waals surface area contributed by atoms with Crippen LogP contribution in [0.4, 0.5) is 0 Å². The molecule has 3 atom stereocenters. The van der Waals surface area contributed by atoms with Gasteiger partial charge in [0.1, 0.15) is 18.3 Å². The molecule has 2 N–H and O–H groups in total. The zero-order chi connectivity index (χ0) is 19.6. The molecule has 0 rings (SSSR count). The molecule has 0 aliphatic heterocycles. The van der Waals surface area contributed by atoms with Crippen molar-refractivity contribution in [3.63, 3.8) is 0 Å². The smallest absolute Gasteiger partial charge is 0.334 e. The highest BCUT2D eigenvalue weighted by molar-refractivity contribution is 5.74. The molecule has 0 aromatic rings. The maximum absolute atomic E-state index is 11.8. The minimum Gasteiger partial charge on any atom is -0.463 e. The second kappa shape index (κ2) is 11.8. The Morgan fingerprint density at radius 3 is 1.64 bits per heavy atom. The molecule has 0 heterocycles. The summed E-state index contributed by atoms with van der Waals surface area (Å²) in [4.78, 5) is 34.5. The largest absolute Gasteiger partial charge is 0.463 e. The Hall–Kier alpha value is -1.67. The van der Waals surface area contributed by atoms with Crippen molar-refractivity contribution in [2.75, 3.05) is 13.2 Å². The molecule has 0 bridgehead atoms. The molecular formula is C17H30O8. The molecule has 0 amide bonds. The second-order valence-corrected chi connectivity index (χ2v) is 6.46. The standard InChI is InChI=1S/C17H30O8/c1-10(2)13(5)25-15(20)7-6-14(8-23-16(21)11(3)18)9-24-17(22)12(4)19/h10-14,18-19H,6-9H2,1-5H3. The summed E-state index contributed by atoms with van der Waals surface area (Å²) in [5.41, 5.74) is 0. The fraction of sp³-hybridized carbons (Fsp3) is 0.824. The first-order valence-corrected chi connectivity index (χ1v) is 8.43. The van der Waals surface area contributed by atoms with Crippen LogP contribution in [0.25, 0.3) is 0 Å². The third kappa shape index (κ3) is 10.7. The predicted molar refractivity (Wildman–Crippen MR) is 88.4 cm³/mol. The lowest BCUT2D eigenvalue weighted by Crippen LogP contribution is -2.28. The lowest BCUT2D eigenvalue weighted by atomic mass is 10.1. The number of carbonyl (C=O) groups excluding carboxylic acids is 3. The average molecular weight is 362 g/mol. The van der Waals surface area contributed by atoms with Gasteiger partial charge in [-0.15, -0.1) is 0 Å². The second-order valence-electron chi connectivity index (χ2n) is 6.46. The summed E-state index contributed by atoms with van der Waals surface area (Å²) in [6.45, 7) is 7.98. The van der Waals surface area contributed by atoms with Crippen molar-refractivity contribution in [2.45, 2.75) is 65.8 Å². The van der Waals surface area contributed by atoms with E-state index in [1.807, 2.05) is 13.8 Å². The van der Waals surface area contributed by atoms with Gasteiger partial charge in [-0.05, 0) is 33.1 Å². The van der Waals surface area contributed by atoms with Crippen LogP contribution in [0.15, 0.2) is 0 Å². The zero-order valence-corrected chi connectivity index (χ0v) is 15.6. The van der Waals surface area contributed by atoms with Crippen LogP contribution in [-0.2, 0) is 28.6 Å². The van der Waals surface area contributed by atoms with Crippen molar-refractivity contribution in [1.29, 1.82) is 0 Å². The van der Waals surface area contributed by atoms with Gasteiger partial charge in [0.15, 0.2) is 0 Å². The molecule has 0 aliphatic rings. The number of aliphatic hydroxyl groups is 2. The van der Waals surface area contributed by atoms with Gasteiger partial charge in [0, 0.05) is 12.3 Å². The SMILES string of the molecule is CC(O)C(=O)OCC(CCC(=O)OC(C)C(C)C)COC(=O)C(C)O. The van der Waals surface area contributed by atoms with E-state index >= 15 is 0 Å². The molecule has 0 aromatic heterocycles. The highest BCUT2D eigenvalue weighted by Gasteiger charge is 2.21. The molecule has 0 spiro atoms. The van der Waals surface area contributed by atoms with Crippen LogP contribution in [0.5, 0.6) is 0 Å². The molecule has 25 heavy (non-hydrogen) atoms. The first kappa shape index (κ1) is 23.3. The summed E-state index contributed by atoms with van der Waals surface area (Å²) < 4.78 is 15.1. The normalized spacial score (nSPS) is 15.8. The number of rotatable bonds is 11. The van der Waals surface area contributed by atoms with E-state index in [-0.39, 0.29) is 38.1 Å². The van der Waals surface area contributed by atoms with Crippen molar-refractivity contribution in [1.82, 2.24) is 0 Å². The van der Waals surface area contributed by atoms with Gasteiger partial charge in [-0.1, -0.05) is 13.8 Å². The van der Waals surface area contributed by atoms with E-state index in [0.29, 0.717) is 0 Å². The van der Waals surface area contributed by atoms with Crippen LogP contribution in [0, 0.1) is 11.8 Å². The molecule has 0 saturated heterocycles. The molecule has 8 nitrogen and oxygen atoms in total. The average Bonchev–Trinajstić information content (AvgIpc) is 2.52. The molecule has 0 aliphatic carbocycles. The van der Waals surface area contributed by atoms with Crippen molar-refractivity contribution in [2.24, 2.45) is 11.8 Å². The lowest BCUT2D eigenvalue weighted by Gasteiger charge is -2.20. The third-order valence-electron chi connectivity index (χ3n) is 3.62. The van der Waals surface area contributed by atoms with E-state index in [1.54, 1.807) is 6.92 Å². The molecular weight excluding hydrogens is 332 g/mol. The minimum absolute atomic E-state index is 0.0696. The van der Waals surface area contributed by atoms with Gasteiger partial charge in [0.05, 0.1) is 13.2 Å². The van der Waals surface area contributed by atoms with Gasteiger partial charge in [-0.3, -0.25) is 4.79 Å². The zero-order valence-electron chi connectivity index (χ0n) is 15.6. The Morgan fingerprint density at radius 1 is 0.840 bits per heavy atom. The third-order valence-corrected chi connectivity index (χ3v) is 3.62. The maximum atomic E-state index is 11.8. The number of esters is 3. The number of hydrogen-bond donors (Lipinski definition) is 2. The van der Waals surface area contributed by atoms with E-state index in [1.165, 1.54) is 13.8 Å². The van der Waals surface area contributed by atoms with Gasteiger partial charge >= 0.3 is 17.9 Å². The van der Waals surface area contributed by atoms with E-state index in [9.17, 15) is 14.4 Å². The summed E-state index contributed by atoms with van der Waals surface area (Å²) in [7, 11) is 0. The summed E-state index contributed by atoms with van der Waals surface area (Å²) in [5, 5.41) is 18.3. The Kier molecular flexibility index (Phi) is 11.0. The van der Waals surface area contributed by atoms with Crippen LogP contribution in [-0.4, -0.2) is 59.6 Å². The van der Waals surface area contributed by atoms with E-state index in [2.05, 4.69) is 0 Å². The monoisotopic (exact) mass is 362 g/mol. The van der Waals surface area contributed by atoms with Crippen LogP contribution in [0.3, 0.4) is 0 Å². The van der Waals surface area contributed by atoms with Crippen LogP contribution in [0.1, 0.15) is 47.5 Å². The lowest BCUT2D eigenvalue weighted by molar-refractivity contribution is -0.158. The molecule has 146 valence electrons. The Morgan fingerprint density at radius 2 is 1.28 bits per heavy atom. The predicted octanol–water partition coefficient (Wildman–Crippen LogP) is 0.818. The van der Waals surface area contributed by atoms with Gasteiger partial charge in [0.2, 0.25) is 0 Å². The van der Waals surface area contributed by atoms with Crippen molar-refractivity contribution in [3.8, 4) is 0 Å². The van der Waals surface area contributed by atoms with E-state index in [0.717, 1.165) is 0 Å². The fourth-order valence-corrected chi connectivity index (χ4v) is 1.58. The molecule has 3 unspecified atom stereocenters. The van der Waals surface area contributed by atoms with E-state index in [4.69, 9.17) is 24.4 Å². The number of carbonyl (C=O) groups is 3. The molecule has 0 radical (unpaired) electrons. The van der Waals surface area contributed by atoms with Gasteiger partial charge in [-0.25, -0.2) is 9.59 Å². The number of ether oxygens (including phenoxy) is 3. The summed E-state index contributed by atoms with van der Waals surface area (Å²) in [5.74, 6) is -2.26. The van der Waals surface area contributed by atoms with Crippen molar-refractivity contribution < 1.29 is 38.8 Å². The molecule has 0 fully saturated rings. The highest BCUT2D eigenvalue weighted by Crippen LogP contribution is 2.13. The van der Waals surface area contributed by atoms with Crippen LogP contribution < -0.4 is 0 Å². The van der Waals surface area contributed by atoms with Crippen molar-refractivity contribution >= 4 is 17.9 Å². The molecule has 0 saturated carbocycles. The number of aliphatic hydroxyl groups excluding tert-OH is 2. The quantitative estimate of drug-likeness (QED) is 0.409. The Labute approximate surface area is 148 Å². The Bertz CT molecular complexity index is 406. The number of hydrogen-bond acceptors (Lipinski definition) is 8. The van der Waals surface area contributed by atoms with Crippen molar-refractivity contribution in [3.05, 3.63) is 0 Å². The Balaban J connectivity index is 4.53. The summed E-state index contributed by atoms with van der Waals surface area (Å²) in [6, 6.07) is 0. The summed E-state index contributed by atoms with van der Waals surface area (Å²) in [6.07, 6.45) is -2.41. The van der Waals surface area contributed by atoms with Crippen LogP contribution in [0.2, 0.25) is 0 Å². The summed E-state index contributed by atoms with van der Waals surface area (Å²) >= 11 is 0. The first-order valence-electron chi connectivity index (χ1n) is 8.43. The van der Waals surface area contributed by atoms with Gasteiger partial charge in [0.25, 0.3) is 0 Å². The van der Waals surface area contributed by atoms with Crippen LogP contribution >= 0.6 is 0 Å². The maximum Gasteiger partial charge on any atom is 0.334 e. The van der Waals surface area contributed by atoms with Gasteiger partial charge in [-0.2, -0.15) is 0 Å². The topological polar surface area (TPSA) is 119 Å². The highest BCUT2D eigenvalue weighted by atomic mass is 16.6. The minimum atomic E-state index is -1.27.